The van der Waals surface area contributed by atoms with E-state index in [1.807, 2.05) is 25.1 Å². The number of imide groups is 1. The summed E-state index contributed by atoms with van der Waals surface area (Å²) >= 11 is 0. The fourth-order valence-corrected chi connectivity index (χ4v) is 3.80. The van der Waals surface area contributed by atoms with Gasteiger partial charge in [0, 0.05) is 7.11 Å². The number of unbranched alkanes of at least 4 members (excludes halogenated alkanes) is 1. The van der Waals surface area contributed by atoms with Gasteiger partial charge in [-0.15, -0.1) is 5.06 Å². The fraction of sp³-hybridized carbons (Fsp3) is 0.522. The molecule has 0 aromatic heterocycles. The normalized spacial score (nSPS) is 18.5. The Balaban J connectivity index is 2.43. The van der Waals surface area contributed by atoms with Crippen LogP contribution in [0.5, 0.6) is 0 Å². The van der Waals surface area contributed by atoms with Gasteiger partial charge in [-0.25, -0.2) is 9.59 Å². The highest BCUT2D eigenvalue weighted by Crippen LogP contribution is 2.32. The molecule has 170 valence electrons. The number of amides is 3. The van der Waals surface area contributed by atoms with Crippen molar-refractivity contribution >= 4 is 24.0 Å². The van der Waals surface area contributed by atoms with E-state index in [1.165, 1.54) is 14.2 Å². The number of carboxylic acids is 1. The van der Waals surface area contributed by atoms with E-state index in [0.717, 1.165) is 30.6 Å². The first-order chi connectivity index (χ1) is 14.8. The van der Waals surface area contributed by atoms with Crippen molar-refractivity contribution in [3.8, 4) is 0 Å². The zero-order valence-electron chi connectivity index (χ0n) is 18.7. The summed E-state index contributed by atoms with van der Waals surface area (Å²) in [5.74, 6) is -1.70. The van der Waals surface area contributed by atoms with Gasteiger partial charge in [-0.05, 0) is 24.0 Å². The highest BCUT2D eigenvalue weighted by molar-refractivity contribution is 6.13. The van der Waals surface area contributed by atoms with Crippen LogP contribution in [0.4, 0.5) is 4.79 Å². The Morgan fingerprint density at radius 2 is 1.87 bits per heavy atom. The second-order valence-electron chi connectivity index (χ2n) is 7.72. The first-order valence-corrected chi connectivity index (χ1v) is 10.6. The van der Waals surface area contributed by atoms with E-state index in [9.17, 15) is 19.5 Å². The molecule has 2 atom stereocenters. The van der Waals surface area contributed by atoms with E-state index < -0.39 is 23.5 Å². The van der Waals surface area contributed by atoms with Gasteiger partial charge in [0.05, 0.1) is 13.7 Å². The molecule has 1 saturated heterocycles. The summed E-state index contributed by atoms with van der Waals surface area (Å²) in [6.45, 7) is 3.80. The number of hydrogen-bond donors (Lipinski definition) is 1. The predicted molar refractivity (Wildman–Crippen MR) is 116 cm³/mol. The monoisotopic (exact) mass is 432 g/mol. The number of methoxy groups -OCH3 is 1. The predicted octanol–water partition coefficient (Wildman–Crippen LogP) is 3.93. The van der Waals surface area contributed by atoms with Crippen LogP contribution in [0.1, 0.15) is 51.5 Å². The van der Waals surface area contributed by atoms with Crippen molar-refractivity contribution < 1.29 is 29.1 Å². The molecule has 8 heteroatoms. The molecule has 1 fully saturated rings. The first kappa shape index (κ1) is 24.6. The van der Waals surface area contributed by atoms with Crippen molar-refractivity contribution in [1.29, 1.82) is 0 Å². The number of carbonyl (C=O) groups is 3. The van der Waals surface area contributed by atoms with Crippen LogP contribution in [-0.2, 0) is 19.2 Å². The Bertz CT molecular complexity index is 810. The lowest BCUT2D eigenvalue weighted by Crippen LogP contribution is -2.52. The number of hydrogen-bond acceptors (Lipinski definition) is 5. The highest BCUT2D eigenvalue weighted by atomic mass is 16.7. The quantitative estimate of drug-likeness (QED) is 0.397. The number of carboxylic acid groups (broad SMARTS) is 1. The van der Waals surface area contributed by atoms with Crippen LogP contribution >= 0.6 is 0 Å². The van der Waals surface area contributed by atoms with Crippen LogP contribution in [0.25, 0.3) is 6.08 Å². The third-order valence-corrected chi connectivity index (χ3v) is 5.74. The number of hydroxylamine groups is 2. The van der Waals surface area contributed by atoms with Crippen molar-refractivity contribution in [3.05, 3.63) is 41.6 Å². The van der Waals surface area contributed by atoms with E-state index in [2.05, 4.69) is 6.92 Å². The van der Waals surface area contributed by atoms with Gasteiger partial charge >= 0.3 is 17.9 Å². The third kappa shape index (κ3) is 5.51. The number of ether oxygens (including phenoxy) is 1. The van der Waals surface area contributed by atoms with Crippen LogP contribution in [-0.4, -0.2) is 59.3 Å². The van der Waals surface area contributed by atoms with Crippen molar-refractivity contribution in [1.82, 2.24) is 9.96 Å². The Kier molecular flexibility index (Phi) is 8.76. The molecule has 31 heavy (non-hydrogen) atoms. The van der Waals surface area contributed by atoms with Gasteiger partial charge in [-0.2, -0.15) is 0 Å². The van der Waals surface area contributed by atoms with Crippen LogP contribution in [0, 0.1) is 5.92 Å². The van der Waals surface area contributed by atoms with E-state index in [0.29, 0.717) is 10.6 Å². The number of rotatable bonds is 12. The minimum absolute atomic E-state index is 0.0438. The van der Waals surface area contributed by atoms with Crippen LogP contribution in [0.2, 0.25) is 0 Å². The van der Waals surface area contributed by atoms with E-state index >= 15 is 0 Å². The fourth-order valence-electron chi connectivity index (χ4n) is 3.80. The molecule has 2 unspecified atom stereocenters. The molecule has 1 aliphatic heterocycles. The number of carbonyl (C=O) groups excluding carboxylic acids is 2. The van der Waals surface area contributed by atoms with Crippen LogP contribution < -0.4 is 0 Å². The van der Waals surface area contributed by atoms with Crippen molar-refractivity contribution in [3.63, 3.8) is 0 Å². The van der Waals surface area contributed by atoms with Crippen molar-refractivity contribution in [2.75, 3.05) is 20.8 Å². The molecule has 0 saturated carbocycles. The lowest BCUT2D eigenvalue weighted by atomic mass is 9.85. The Morgan fingerprint density at radius 3 is 2.39 bits per heavy atom. The molecule has 2 rings (SSSR count). The Morgan fingerprint density at radius 1 is 1.19 bits per heavy atom. The minimum Gasteiger partial charge on any atom is -0.479 e. The van der Waals surface area contributed by atoms with Gasteiger partial charge in [-0.1, -0.05) is 69.9 Å². The molecule has 0 radical (unpaired) electrons. The van der Waals surface area contributed by atoms with Gasteiger partial charge in [-0.3, -0.25) is 14.5 Å². The van der Waals surface area contributed by atoms with E-state index in [1.54, 1.807) is 18.2 Å². The average Bonchev–Trinajstić information content (AvgIpc) is 2.99. The van der Waals surface area contributed by atoms with E-state index in [4.69, 9.17) is 9.57 Å². The van der Waals surface area contributed by atoms with Crippen molar-refractivity contribution in [2.24, 2.45) is 5.92 Å². The number of benzene rings is 1. The third-order valence-electron chi connectivity index (χ3n) is 5.74. The van der Waals surface area contributed by atoms with E-state index in [-0.39, 0.29) is 24.6 Å². The maximum absolute atomic E-state index is 12.9. The Labute approximate surface area is 183 Å². The molecule has 1 aliphatic rings. The largest absolute Gasteiger partial charge is 0.479 e. The zero-order valence-corrected chi connectivity index (χ0v) is 18.7. The molecule has 3 amide bonds. The molecular weight excluding hydrogens is 400 g/mol. The summed E-state index contributed by atoms with van der Waals surface area (Å²) in [5.41, 5.74) is -0.902. The molecular formula is C23H32N2O6. The highest BCUT2D eigenvalue weighted by Gasteiger charge is 2.49. The second kappa shape index (κ2) is 11.1. The van der Waals surface area contributed by atoms with Crippen molar-refractivity contribution in [2.45, 2.75) is 51.6 Å². The SMILES string of the molecule is CCCCC(CC)CC(CN1C(=O)N(OC)C(=O)C1=Cc1ccccc1)(OC)C(=O)O. The summed E-state index contributed by atoms with van der Waals surface area (Å²) in [7, 11) is 2.55. The summed E-state index contributed by atoms with van der Waals surface area (Å²) in [4.78, 5) is 44.2. The molecule has 1 aromatic carbocycles. The van der Waals surface area contributed by atoms with Gasteiger partial charge in [0.1, 0.15) is 5.70 Å². The number of aliphatic carboxylic acids is 1. The molecule has 0 aliphatic carbocycles. The molecule has 0 bridgehead atoms. The van der Waals surface area contributed by atoms with Gasteiger partial charge in [0.15, 0.2) is 5.60 Å². The molecule has 1 aromatic rings. The maximum atomic E-state index is 12.9. The van der Waals surface area contributed by atoms with Gasteiger partial charge in [0.25, 0.3) is 0 Å². The summed E-state index contributed by atoms with van der Waals surface area (Å²) in [6, 6.07) is 8.29. The minimum atomic E-state index is -1.65. The second-order valence-corrected chi connectivity index (χ2v) is 7.72. The topological polar surface area (TPSA) is 96.4 Å². The summed E-state index contributed by atoms with van der Waals surface area (Å²) in [5, 5.41) is 10.7. The Hall–Kier alpha value is -2.71. The summed E-state index contributed by atoms with van der Waals surface area (Å²) in [6.07, 6.45) is 5.44. The molecule has 1 heterocycles. The molecule has 8 nitrogen and oxygen atoms in total. The zero-order chi connectivity index (χ0) is 23.0. The van der Waals surface area contributed by atoms with Crippen LogP contribution in [0.15, 0.2) is 36.0 Å². The first-order valence-electron chi connectivity index (χ1n) is 10.6. The summed E-state index contributed by atoms with van der Waals surface area (Å²) < 4.78 is 5.53. The lowest BCUT2D eigenvalue weighted by Gasteiger charge is -2.34. The van der Waals surface area contributed by atoms with Crippen LogP contribution in [0.3, 0.4) is 0 Å². The van der Waals surface area contributed by atoms with Gasteiger partial charge in [0.2, 0.25) is 0 Å². The molecule has 1 N–H and O–H groups in total. The average molecular weight is 433 g/mol. The lowest BCUT2D eigenvalue weighted by molar-refractivity contribution is -0.166. The number of nitrogens with zero attached hydrogens (tertiary/aromatic N) is 2. The number of urea groups is 1. The smallest absolute Gasteiger partial charge is 0.356 e. The standard InChI is InChI=1S/C23H32N2O6/c1-5-7-11-17(6-2)15-23(30-3,21(27)28)16-24-19(14-18-12-9-8-10-13-18)20(26)25(31-4)22(24)29/h8-10,12-14,17H,5-7,11,15-16H2,1-4H3,(H,27,28). The van der Waals surface area contributed by atoms with Gasteiger partial charge < -0.3 is 9.84 Å². The molecule has 0 spiro atoms. The maximum Gasteiger partial charge on any atom is 0.356 e.